The van der Waals surface area contributed by atoms with Crippen LogP contribution in [0.5, 0.6) is 0 Å². The lowest BCUT2D eigenvalue weighted by Gasteiger charge is -2.06. The Morgan fingerprint density at radius 3 is 2.63 bits per heavy atom. The Balaban J connectivity index is 2.78. The van der Waals surface area contributed by atoms with E-state index in [1.165, 1.54) is 6.92 Å². The van der Waals surface area contributed by atoms with Crippen LogP contribution in [0.15, 0.2) is 18.2 Å². The Bertz CT molecular complexity index is 526. The van der Waals surface area contributed by atoms with Crippen molar-refractivity contribution in [3.05, 3.63) is 35.1 Å². The molecule has 0 fully saturated rings. The number of halogens is 4. The van der Waals surface area contributed by atoms with Crippen LogP contribution in [0.25, 0.3) is 0 Å². The van der Waals surface area contributed by atoms with Gasteiger partial charge < -0.3 is 0 Å². The van der Waals surface area contributed by atoms with E-state index < -0.39 is 17.6 Å². The van der Waals surface area contributed by atoms with Crippen molar-refractivity contribution in [2.75, 3.05) is 5.75 Å². The number of hydrogen-bond acceptors (Lipinski definition) is 2. The second-order valence-corrected chi connectivity index (χ2v) is 4.86. The van der Waals surface area contributed by atoms with Crippen LogP contribution in [0.3, 0.4) is 0 Å². The first-order chi connectivity index (χ1) is 8.80. The third kappa shape index (κ3) is 5.35. The Labute approximate surface area is 112 Å². The standard InChI is InChI=1S/C13H10F4OS/c1-9(18)19-7-3-2-4-10-8-11(13(15,16)17)5-6-12(10)14/h5-6,8H,3,7H2,1H3. The number of carbonyl (C=O) groups is 1. The summed E-state index contributed by atoms with van der Waals surface area (Å²) >= 11 is 1.06. The molecular formula is C13H10F4OS. The fourth-order valence-electron chi connectivity index (χ4n) is 1.20. The van der Waals surface area contributed by atoms with Gasteiger partial charge in [-0.15, -0.1) is 0 Å². The highest BCUT2D eigenvalue weighted by molar-refractivity contribution is 8.13. The fraction of sp³-hybridized carbons (Fsp3) is 0.308. The summed E-state index contributed by atoms with van der Waals surface area (Å²) in [5.41, 5.74) is -1.22. The summed E-state index contributed by atoms with van der Waals surface area (Å²) in [7, 11) is 0. The Morgan fingerprint density at radius 1 is 1.37 bits per heavy atom. The number of benzene rings is 1. The minimum atomic E-state index is -4.52. The third-order valence-corrected chi connectivity index (χ3v) is 2.86. The lowest BCUT2D eigenvalue weighted by molar-refractivity contribution is -0.137. The molecule has 0 aromatic heterocycles. The molecule has 19 heavy (non-hydrogen) atoms. The molecule has 1 rings (SSSR count). The van der Waals surface area contributed by atoms with Crippen LogP contribution in [0.1, 0.15) is 24.5 Å². The molecule has 0 saturated heterocycles. The minimum absolute atomic E-state index is 0.0629. The van der Waals surface area contributed by atoms with E-state index in [0.717, 1.165) is 17.8 Å². The number of alkyl halides is 3. The van der Waals surface area contributed by atoms with Gasteiger partial charge in [0.05, 0.1) is 11.1 Å². The SMILES string of the molecule is CC(=O)SCCC#Cc1cc(C(F)(F)F)ccc1F. The van der Waals surface area contributed by atoms with E-state index in [-0.39, 0.29) is 10.7 Å². The molecule has 0 aliphatic rings. The van der Waals surface area contributed by atoms with Gasteiger partial charge in [-0.2, -0.15) is 13.2 Å². The molecule has 1 aromatic rings. The van der Waals surface area contributed by atoms with E-state index >= 15 is 0 Å². The quantitative estimate of drug-likeness (QED) is 0.467. The van der Waals surface area contributed by atoms with Crippen LogP contribution in [-0.2, 0) is 11.0 Å². The van der Waals surface area contributed by atoms with E-state index in [0.29, 0.717) is 24.3 Å². The molecule has 0 N–H and O–H groups in total. The highest BCUT2D eigenvalue weighted by Crippen LogP contribution is 2.30. The predicted octanol–water partition coefficient (Wildman–Crippen LogP) is 3.87. The van der Waals surface area contributed by atoms with Gasteiger partial charge in [-0.3, -0.25) is 4.79 Å². The van der Waals surface area contributed by atoms with E-state index in [1.807, 2.05) is 0 Å². The van der Waals surface area contributed by atoms with Gasteiger partial charge in [-0.05, 0) is 18.2 Å². The summed E-state index contributed by atoms with van der Waals surface area (Å²) in [4.78, 5) is 10.6. The van der Waals surface area contributed by atoms with Crippen LogP contribution >= 0.6 is 11.8 Å². The predicted molar refractivity (Wildman–Crippen MR) is 66.0 cm³/mol. The fourth-order valence-corrected chi connectivity index (χ4v) is 1.69. The van der Waals surface area contributed by atoms with E-state index in [2.05, 4.69) is 11.8 Å². The van der Waals surface area contributed by atoms with Gasteiger partial charge >= 0.3 is 6.18 Å². The van der Waals surface area contributed by atoms with Crippen LogP contribution in [-0.4, -0.2) is 10.9 Å². The van der Waals surface area contributed by atoms with Crippen molar-refractivity contribution in [1.82, 2.24) is 0 Å². The smallest absolute Gasteiger partial charge is 0.288 e. The molecule has 6 heteroatoms. The number of hydrogen-bond donors (Lipinski definition) is 0. The summed E-state index contributed by atoms with van der Waals surface area (Å²) in [5, 5.41) is -0.0629. The van der Waals surface area contributed by atoms with Crippen molar-refractivity contribution >= 4 is 16.9 Å². The van der Waals surface area contributed by atoms with Crippen LogP contribution in [0.2, 0.25) is 0 Å². The maximum absolute atomic E-state index is 13.3. The van der Waals surface area contributed by atoms with Gasteiger partial charge in [-0.1, -0.05) is 23.6 Å². The van der Waals surface area contributed by atoms with Gasteiger partial charge in [-0.25, -0.2) is 4.39 Å². The minimum Gasteiger partial charge on any atom is -0.288 e. The first kappa shape index (κ1) is 15.6. The first-order valence-electron chi connectivity index (χ1n) is 5.29. The van der Waals surface area contributed by atoms with Gasteiger partial charge in [0.2, 0.25) is 0 Å². The van der Waals surface area contributed by atoms with Gasteiger partial charge in [0, 0.05) is 19.1 Å². The van der Waals surface area contributed by atoms with Gasteiger partial charge in [0.25, 0.3) is 0 Å². The van der Waals surface area contributed by atoms with Crippen molar-refractivity contribution in [2.45, 2.75) is 19.5 Å². The molecular weight excluding hydrogens is 280 g/mol. The molecule has 1 nitrogen and oxygen atoms in total. The van der Waals surface area contributed by atoms with Crippen LogP contribution < -0.4 is 0 Å². The summed E-state index contributed by atoms with van der Waals surface area (Å²) < 4.78 is 50.5. The van der Waals surface area contributed by atoms with E-state index in [9.17, 15) is 22.4 Å². The van der Waals surface area contributed by atoms with Crippen molar-refractivity contribution < 1.29 is 22.4 Å². The van der Waals surface area contributed by atoms with Crippen LogP contribution in [0.4, 0.5) is 17.6 Å². The molecule has 0 saturated carbocycles. The summed E-state index contributed by atoms with van der Waals surface area (Å²) in [6, 6.07) is 2.10. The Hall–Kier alpha value is -1.48. The highest BCUT2D eigenvalue weighted by Gasteiger charge is 2.30. The van der Waals surface area contributed by atoms with Crippen molar-refractivity contribution in [3.8, 4) is 11.8 Å². The van der Waals surface area contributed by atoms with Gasteiger partial charge in [0.15, 0.2) is 5.12 Å². The summed E-state index contributed by atoms with van der Waals surface area (Å²) in [6.07, 6.45) is -4.21. The molecule has 0 aliphatic carbocycles. The lowest BCUT2D eigenvalue weighted by Crippen LogP contribution is -2.05. The topological polar surface area (TPSA) is 17.1 Å². The van der Waals surface area contributed by atoms with Crippen molar-refractivity contribution in [3.63, 3.8) is 0 Å². The Morgan fingerprint density at radius 2 is 2.05 bits per heavy atom. The van der Waals surface area contributed by atoms with E-state index in [4.69, 9.17) is 0 Å². The maximum atomic E-state index is 13.3. The molecule has 1 aromatic carbocycles. The molecule has 0 amide bonds. The zero-order valence-corrected chi connectivity index (χ0v) is 10.8. The molecule has 0 aliphatic heterocycles. The second kappa shape index (κ2) is 6.62. The van der Waals surface area contributed by atoms with Gasteiger partial charge in [0.1, 0.15) is 5.82 Å². The molecule has 102 valence electrons. The van der Waals surface area contributed by atoms with E-state index in [1.54, 1.807) is 0 Å². The number of carbonyl (C=O) groups excluding carboxylic acids is 1. The maximum Gasteiger partial charge on any atom is 0.416 e. The average molecular weight is 290 g/mol. The zero-order chi connectivity index (χ0) is 14.5. The van der Waals surface area contributed by atoms with Crippen molar-refractivity contribution in [1.29, 1.82) is 0 Å². The highest BCUT2D eigenvalue weighted by atomic mass is 32.2. The number of rotatable bonds is 2. The Kier molecular flexibility index (Phi) is 5.43. The summed E-state index contributed by atoms with van der Waals surface area (Å²) in [6.45, 7) is 1.41. The first-order valence-corrected chi connectivity index (χ1v) is 6.28. The number of thioether (sulfide) groups is 1. The molecule has 0 radical (unpaired) electrons. The monoisotopic (exact) mass is 290 g/mol. The third-order valence-electron chi connectivity index (χ3n) is 2.05. The molecule has 0 unspecified atom stereocenters. The second-order valence-electron chi connectivity index (χ2n) is 3.58. The average Bonchev–Trinajstić information content (AvgIpc) is 2.29. The van der Waals surface area contributed by atoms with Crippen LogP contribution in [0, 0.1) is 17.7 Å². The molecule has 0 spiro atoms. The summed E-state index contributed by atoms with van der Waals surface area (Å²) in [5.74, 6) is 4.54. The molecule has 0 atom stereocenters. The molecule has 0 heterocycles. The normalized spacial score (nSPS) is 10.8. The lowest BCUT2D eigenvalue weighted by atomic mass is 10.1. The molecule has 0 bridgehead atoms. The van der Waals surface area contributed by atoms with Crippen molar-refractivity contribution in [2.24, 2.45) is 0 Å². The zero-order valence-electron chi connectivity index (χ0n) is 9.97. The largest absolute Gasteiger partial charge is 0.416 e.